The van der Waals surface area contributed by atoms with Crippen molar-refractivity contribution in [2.75, 3.05) is 26.2 Å². The van der Waals surface area contributed by atoms with Crippen LogP contribution in [0, 0.1) is 12.3 Å². The lowest BCUT2D eigenvalue weighted by Crippen LogP contribution is -2.55. The highest BCUT2D eigenvalue weighted by Gasteiger charge is 2.42. The molecule has 142 valence electrons. The van der Waals surface area contributed by atoms with E-state index >= 15 is 0 Å². The Hall–Kier alpha value is -2.11. The van der Waals surface area contributed by atoms with Crippen LogP contribution in [0.1, 0.15) is 44.7 Å². The van der Waals surface area contributed by atoms with Crippen molar-refractivity contribution in [3.8, 4) is 0 Å². The summed E-state index contributed by atoms with van der Waals surface area (Å²) in [5.74, 6) is 0.347. The highest BCUT2D eigenvalue weighted by Crippen LogP contribution is 2.38. The first-order valence-electron chi connectivity index (χ1n) is 9.66. The van der Waals surface area contributed by atoms with E-state index in [2.05, 4.69) is 0 Å². The van der Waals surface area contributed by atoms with Gasteiger partial charge in [0, 0.05) is 62.7 Å². The predicted octanol–water partition coefficient (Wildman–Crippen LogP) is 1.80. The number of piperidine rings is 2. The minimum absolute atomic E-state index is 0.0529. The fourth-order valence-electron chi connectivity index (χ4n) is 4.42. The second-order valence-corrected chi connectivity index (χ2v) is 7.73. The summed E-state index contributed by atoms with van der Waals surface area (Å²) >= 11 is 0. The molecule has 2 amide bonds. The van der Waals surface area contributed by atoms with Gasteiger partial charge in [-0.05, 0) is 39.2 Å². The number of nitrogens with zero attached hydrogens (tertiary/aromatic N) is 3. The molecule has 2 aliphatic heterocycles. The van der Waals surface area contributed by atoms with Crippen LogP contribution in [0.4, 0.5) is 0 Å². The first-order valence-corrected chi connectivity index (χ1v) is 9.66. The zero-order chi connectivity index (χ0) is 18.7. The van der Waals surface area contributed by atoms with Gasteiger partial charge in [0.1, 0.15) is 0 Å². The Morgan fingerprint density at radius 1 is 1.19 bits per heavy atom. The van der Waals surface area contributed by atoms with E-state index in [0.29, 0.717) is 19.4 Å². The van der Waals surface area contributed by atoms with E-state index in [1.54, 1.807) is 10.6 Å². The lowest BCUT2D eigenvalue weighted by Gasteiger charge is -2.48. The number of carbonyl (C=O) groups excluding carboxylic acids is 2. The van der Waals surface area contributed by atoms with Crippen LogP contribution in [-0.4, -0.2) is 52.4 Å². The molecule has 0 aliphatic carbocycles. The number of hydrogen-bond acceptors (Lipinski definition) is 3. The normalized spacial score (nSPS) is 23.5. The standard InChI is InChI=1S/C20H29N3O3/c1-3-21-14-20(11-8-17(21)24)10-5-12-22(15-20)18(25)9-13-23-16(2)6-4-7-19(23)26/h4,6-7H,3,5,8-15H2,1-2H3/t20-/m0/s1. The maximum atomic E-state index is 12.8. The van der Waals surface area contributed by atoms with Gasteiger partial charge in [-0.25, -0.2) is 0 Å². The van der Waals surface area contributed by atoms with E-state index in [9.17, 15) is 14.4 Å². The number of rotatable bonds is 4. The van der Waals surface area contributed by atoms with Crippen molar-refractivity contribution in [3.63, 3.8) is 0 Å². The molecule has 0 saturated carbocycles. The van der Waals surface area contributed by atoms with Crippen molar-refractivity contribution >= 4 is 11.8 Å². The molecule has 6 heteroatoms. The number of pyridine rings is 1. The third kappa shape index (κ3) is 3.84. The summed E-state index contributed by atoms with van der Waals surface area (Å²) < 4.78 is 1.66. The molecular formula is C20H29N3O3. The summed E-state index contributed by atoms with van der Waals surface area (Å²) in [6, 6.07) is 5.17. The molecule has 3 heterocycles. The Morgan fingerprint density at radius 3 is 2.73 bits per heavy atom. The van der Waals surface area contributed by atoms with Crippen molar-refractivity contribution < 1.29 is 9.59 Å². The SMILES string of the molecule is CCN1C[C@]2(CCCN(C(=O)CCn3c(C)cccc3=O)C2)CCC1=O. The molecule has 0 unspecified atom stereocenters. The zero-order valence-electron chi connectivity index (χ0n) is 15.9. The Balaban J connectivity index is 1.63. The maximum Gasteiger partial charge on any atom is 0.250 e. The van der Waals surface area contributed by atoms with Gasteiger partial charge in [0.15, 0.2) is 0 Å². The lowest BCUT2D eigenvalue weighted by atomic mass is 9.73. The molecule has 3 rings (SSSR count). The minimum Gasteiger partial charge on any atom is -0.342 e. The number of aromatic nitrogens is 1. The molecule has 26 heavy (non-hydrogen) atoms. The van der Waals surface area contributed by atoms with Crippen LogP contribution < -0.4 is 5.56 Å². The summed E-state index contributed by atoms with van der Waals surface area (Å²) in [5.41, 5.74) is 0.874. The molecule has 0 bridgehead atoms. The molecule has 2 saturated heterocycles. The largest absolute Gasteiger partial charge is 0.342 e. The van der Waals surface area contributed by atoms with Gasteiger partial charge in [-0.15, -0.1) is 0 Å². The van der Waals surface area contributed by atoms with Crippen LogP contribution in [0.5, 0.6) is 0 Å². The van der Waals surface area contributed by atoms with Gasteiger partial charge >= 0.3 is 0 Å². The average Bonchev–Trinajstić information content (AvgIpc) is 2.63. The second kappa shape index (κ2) is 7.64. The summed E-state index contributed by atoms with van der Waals surface area (Å²) in [6.45, 7) is 7.35. The summed E-state index contributed by atoms with van der Waals surface area (Å²) in [6.07, 6.45) is 3.88. The molecule has 1 aromatic heterocycles. The third-order valence-corrected chi connectivity index (χ3v) is 5.96. The molecule has 0 N–H and O–H groups in total. The highest BCUT2D eigenvalue weighted by atomic mass is 16.2. The lowest BCUT2D eigenvalue weighted by molar-refractivity contribution is -0.142. The van der Waals surface area contributed by atoms with Crippen molar-refractivity contribution in [1.29, 1.82) is 0 Å². The van der Waals surface area contributed by atoms with Gasteiger partial charge in [0.25, 0.3) is 5.56 Å². The van der Waals surface area contributed by atoms with Crippen LogP contribution in [0.3, 0.4) is 0 Å². The van der Waals surface area contributed by atoms with Crippen molar-refractivity contribution in [2.45, 2.75) is 52.5 Å². The van der Waals surface area contributed by atoms with E-state index in [-0.39, 0.29) is 22.8 Å². The van der Waals surface area contributed by atoms with Gasteiger partial charge in [-0.1, -0.05) is 6.07 Å². The van der Waals surface area contributed by atoms with Crippen molar-refractivity contribution in [1.82, 2.24) is 14.4 Å². The number of aryl methyl sites for hydroxylation is 1. The molecular weight excluding hydrogens is 330 g/mol. The van der Waals surface area contributed by atoms with Gasteiger partial charge in [0.2, 0.25) is 11.8 Å². The van der Waals surface area contributed by atoms with Gasteiger partial charge in [0.05, 0.1) is 0 Å². The van der Waals surface area contributed by atoms with E-state index in [0.717, 1.165) is 51.1 Å². The Labute approximate surface area is 154 Å². The Kier molecular flexibility index (Phi) is 5.49. The van der Waals surface area contributed by atoms with E-state index < -0.39 is 0 Å². The number of carbonyl (C=O) groups is 2. The van der Waals surface area contributed by atoms with Crippen LogP contribution in [0.25, 0.3) is 0 Å². The van der Waals surface area contributed by atoms with Crippen LogP contribution >= 0.6 is 0 Å². The van der Waals surface area contributed by atoms with Crippen LogP contribution in [0.15, 0.2) is 23.0 Å². The van der Waals surface area contributed by atoms with Gasteiger partial charge < -0.3 is 14.4 Å². The maximum absolute atomic E-state index is 12.8. The quantitative estimate of drug-likeness (QED) is 0.823. The summed E-state index contributed by atoms with van der Waals surface area (Å²) in [5, 5.41) is 0. The molecule has 2 aliphatic rings. The first kappa shape index (κ1) is 18.7. The Morgan fingerprint density at radius 2 is 2.00 bits per heavy atom. The molecule has 1 atom stereocenters. The average molecular weight is 359 g/mol. The monoisotopic (exact) mass is 359 g/mol. The zero-order valence-corrected chi connectivity index (χ0v) is 15.9. The van der Waals surface area contributed by atoms with E-state index in [4.69, 9.17) is 0 Å². The van der Waals surface area contributed by atoms with E-state index in [1.807, 2.05) is 29.7 Å². The smallest absolute Gasteiger partial charge is 0.250 e. The van der Waals surface area contributed by atoms with Crippen molar-refractivity contribution in [3.05, 3.63) is 34.2 Å². The fourth-order valence-corrected chi connectivity index (χ4v) is 4.42. The number of amides is 2. The molecule has 0 aromatic carbocycles. The molecule has 1 aromatic rings. The molecule has 0 radical (unpaired) electrons. The third-order valence-electron chi connectivity index (χ3n) is 5.96. The summed E-state index contributed by atoms with van der Waals surface area (Å²) in [7, 11) is 0. The van der Waals surface area contributed by atoms with Gasteiger partial charge in [-0.2, -0.15) is 0 Å². The molecule has 6 nitrogen and oxygen atoms in total. The molecule has 1 spiro atoms. The van der Waals surface area contributed by atoms with Gasteiger partial charge in [-0.3, -0.25) is 14.4 Å². The number of hydrogen-bond donors (Lipinski definition) is 0. The van der Waals surface area contributed by atoms with Crippen LogP contribution in [-0.2, 0) is 16.1 Å². The minimum atomic E-state index is -0.0581. The number of likely N-dealkylation sites (tertiary alicyclic amines) is 2. The highest BCUT2D eigenvalue weighted by molar-refractivity contribution is 5.78. The fraction of sp³-hybridized carbons (Fsp3) is 0.650. The van der Waals surface area contributed by atoms with Crippen LogP contribution in [0.2, 0.25) is 0 Å². The predicted molar refractivity (Wildman–Crippen MR) is 99.8 cm³/mol. The summed E-state index contributed by atoms with van der Waals surface area (Å²) in [4.78, 5) is 40.6. The first-order chi connectivity index (χ1) is 12.4. The van der Waals surface area contributed by atoms with Crippen molar-refractivity contribution in [2.24, 2.45) is 5.41 Å². The topological polar surface area (TPSA) is 62.6 Å². The van der Waals surface area contributed by atoms with E-state index in [1.165, 1.54) is 6.07 Å². The Bertz CT molecular complexity index is 742. The molecule has 2 fully saturated rings. The second-order valence-electron chi connectivity index (χ2n) is 7.73.